The number of nitrogens with zero attached hydrogens (tertiary/aromatic N) is 3. The zero-order valence-corrected chi connectivity index (χ0v) is 19.2. The van der Waals surface area contributed by atoms with Crippen LogP contribution in [0.25, 0.3) is 21.8 Å². The maximum atomic E-state index is 2.50. The zero-order chi connectivity index (χ0) is 22.2. The summed E-state index contributed by atoms with van der Waals surface area (Å²) in [6.07, 6.45) is 0. The molecule has 3 nitrogen and oxygen atoms in total. The number of para-hydroxylation sites is 2. The molecule has 4 aromatic carbocycles. The first kappa shape index (κ1) is 20.2. The molecule has 0 fully saturated rings. The van der Waals surface area contributed by atoms with E-state index >= 15 is 0 Å². The fraction of sp³-hybridized carbons (Fsp3) is 0.172. The molecule has 0 unspecified atom stereocenters. The second kappa shape index (κ2) is 8.08. The van der Waals surface area contributed by atoms with Crippen LogP contribution in [0.3, 0.4) is 0 Å². The van der Waals surface area contributed by atoms with Crippen LogP contribution in [0.2, 0.25) is 0 Å². The van der Waals surface area contributed by atoms with E-state index in [2.05, 4.69) is 140 Å². The molecule has 0 saturated heterocycles. The smallest absolute Gasteiger partial charge is 0.0845 e. The van der Waals surface area contributed by atoms with Gasteiger partial charge in [-0.25, -0.2) is 0 Å². The topological polar surface area (TPSA) is 11.4 Å². The van der Waals surface area contributed by atoms with Crippen molar-refractivity contribution < 1.29 is 0 Å². The minimum Gasteiger partial charge on any atom is -0.378 e. The summed E-state index contributed by atoms with van der Waals surface area (Å²) in [4.78, 5) is 4.29. The van der Waals surface area contributed by atoms with Gasteiger partial charge in [-0.3, -0.25) is 0 Å². The van der Waals surface area contributed by atoms with E-state index in [0.29, 0.717) is 0 Å². The molecule has 5 rings (SSSR count). The van der Waals surface area contributed by atoms with Crippen molar-refractivity contribution >= 4 is 33.2 Å². The minimum absolute atomic E-state index is 0.0761. The van der Waals surface area contributed by atoms with Crippen LogP contribution < -0.4 is 9.80 Å². The van der Waals surface area contributed by atoms with E-state index in [1.165, 1.54) is 44.3 Å². The summed E-state index contributed by atoms with van der Waals surface area (Å²) in [5.41, 5.74) is 7.48. The summed E-state index contributed by atoms with van der Waals surface area (Å²) < 4.78 is 2.50. The molecule has 0 radical (unpaired) electrons. The van der Waals surface area contributed by atoms with E-state index in [-0.39, 0.29) is 6.04 Å². The molecule has 0 spiro atoms. The van der Waals surface area contributed by atoms with Gasteiger partial charge in [-0.2, -0.15) is 0 Å². The second-order valence-corrected chi connectivity index (χ2v) is 8.78. The van der Waals surface area contributed by atoms with Gasteiger partial charge in [-0.1, -0.05) is 60.7 Å². The molecule has 0 atom stereocenters. The lowest BCUT2D eigenvalue weighted by Crippen LogP contribution is -2.14. The van der Waals surface area contributed by atoms with Gasteiger partial charge in [0.1, 0.15) is 0 Å². The average Bonchev–Trinajstić information content (AvgIpc) is 3.15. The van der Waals surface area contributed by atoms with Crippen LogP contribution in [-0.4, -0.2) is 32.8 Å². The van der Waals surface area contributed by atoms with Gasteiger partial charge in [-0.15, -0.1) is 0 Å². The first-order valence-electron chi connectivity index (χ1n) is 11.1. The quantitative estimate of drug-likeness (QED) is 0.319. The second-order valence-electron chi connectivity index (χ2n) is 8.78. The predicted molar refractivity (Wildman–Crippen MR) is 138 cm³/mol. The molecule has 3 heteroatoms. The summed E-state index contributed by atoms with van der Waals surface area (Å²) in [5.74, 6) is 0. The van der Waals surface area contributed by atoms with Crippen LogP contribution in [0.4, 0.5) is 11.4 Å². The maximum absolute atomic E-state index is 2.50. The third kappa shape index (κ3) is 3.40. The molecular formula is C29H29N3. The number of aromatic nitrogens is 1. The normalized spacial score (nSPS) is 11.4. The van der Waals surface area contributed by atoms with Gasteiger partial charge in [0.25, 0.3) is 0 Å². The van der Waals surface area contributed by atoms with E-state index in [0.717, 1.165) is 0 Å². The fourth-order valence-corrected chi connectivity index (χ4v) is 4.63. The molecule has 160 valence electrons. The van der Waals surface area contributed by atoms with Crippen molar-refractivity contribution in [2.45, 2.75) is 6.04 Å². The SMILES string of the molecule is CN(C)c1ccc(C(c2ccc(N(C)C)cc2)n2c3ccccc3c3ccccc32)cc1. The number of rotatable bonds is 5. The molecule has 0 aliphatic carbocycles. The van der Waals surface area contributed by atoms with E-state index in [1.807, 2.05) is 0 Å². The lowest BCUT2D eigenvalue weighted by atomic mass is 9.97. The highest BCUT2D eigenvalue weighted by molar-refractivity contribution is 6.08. The first-order valence-corrected chi connectivity index (χ1v) is 11.1. The third-order valence-electron chi connectivity index (χ3n) is 6.33. The minimum atomic E-state index is 0.0761. The van der Waals surface area contributed by atoms with Crippen LogP contribution in [0, 0.1) is 0 Å². The van der Waals surface area contributed by atoms with Crippen molar-refractivity contribution in [1.29, 1.82) is 0 Å². The molecule has 0 bridgehead atoms. The number of hydrogen-bond acceptors (Lipinski definition) is 2. The van der Waals surface area contributed by atoms with Crippen molar-refractivity contribution in [3.63, 3.8) is 0 Å². The molecule has 0 aliphatic heterocycles. The van der Waals surface area contributed by atoms with E-state index in [9.17, 15) is 0 Å². The Morgan fingerprint density at radius 3 is 1.25 bits per heavy atom. The van der Waals surface area contributed by atoms with E-state index in [4.69, 9.17) is 0 Å². The fourth-order valence-electron chi connectivity index (χ4n) is 4.63. The van der Waals surface area contributed by atoms with Crippen molar-refractivity contribution in [2.75, 3.05) is 38.0 Å². The van der Waals surface area contributed by atoms with Gasteiger partial charge in [0.2, 0.25) is 0 Å². The molecule has 0 amide bonds. The molecule has 1 heterocycles. The van der Waals surface area contributed by atoms with Gasteiger partial charge in [0, 0.05) is 61.4 Å². The Kier molecular flexibility index (Phi) is 5.10. The lowest BCUT2D eigenvalue weighted by Gasteiger charge is -2.24. The highest BCUT2D eigenvalue weighted by atomic mass is 15.1. The standard InChI is InChI=1S/C29H29N3/c1-30(2)23-17-13-21(14-18-23)29(22-15-19-24(20-16-22)31(3)4)32-27-11-7-5-9-25(27)26-10-6-8-12-28(26)32/h5-20,29H,1-4H3. The number of fused-ring (bicyclic) bond motifs is 3. The van der Waals surface area contributed by atoms with Gasteiger partial charge in [0.05, 0.1) is 6.04 Å². The Labute approximate surface area is 190 Å². The van der Waals surface area contributed by atoms with Gasteiger partial charge >= 0.3 is 0 Å². The predicted octanol–water partition coefficient (Wildman–Crippen LogP) is 6.56. The highest BCUT2D eigenvalue weighted by Crippen LogP contribution is 2.38. The summed E-state index contributed by atoms with van der Waals surface area (Å²) in [7, 11) is 8.33. The van der Waals surface area contributed by atoms with Crippen molar-refractivity contribution in [2.24, 2.45) is 0 Å². The van der Waals surface area contributed by atoms with Gasteiger partial charge in [-0.05, 0) is 47.5 Å². The highest BCUT2D eigenvalue weighted by Gasteiger charge is 2.22. The monoisotopic (exact) mass is 419 g/mol. The van der Waals surface area contributed by atoms with Crippen molar-refractivity contribution in [3.05, 3.63) is 108 Å². The molecule has 5 aromatic rings. The number of anilines is 2. The first-order chi connectivity index (χ1) is 15.5. The molecule has 1 aromatic heterocycles. The molecule has 0 N–H and O–H groups in total. The van der Waals surface area contributed by atoms with E-state index in [1.54, 1.807) is 0 Å². The lowest BCUT2D eigenvalue weighted by molar-refractivity contribution is 0.728. The Hall–Kier alpha value is -3.72. The Morgan fingerprint density at radius 2 is 0.875 bits per heavy atom. The zero-order valence-electron chi connectivity index (χ0n) is 19.2. The Morgan fingerprint density at radius 1 is 0.500 bits per heavy atom. The largest absolute Gasteiger partial charge is 0.378 e. The summed E-state index contributed by atoms with van der Waals surface area (Å²) >= 11 is 0. The molecule has 0 aliphatic rings. The Bertz CT molecular complexity index is 1260. The maximum Gasteiger partial charge on any atom is 0.0845 e. The Balaban J connectivity index is 1.78. The van der Waals surface area contributed by atoms with Crippen molar-refractivity contribution in [1.82, 2.24) is 4.57 Å². The van der Waals surface area contributed by atoms with Crippen LogP contribution in [0.1, 0.15) is 17.2 Å². The van der Waals surface area contributed by atoms with Crippen LogP contribution >= 0.6 is 0 Å². The van der Waals surface area contributed by atoms with Crippen LogP contribution in [-0.2, 0) is 0 Å². The van der Waals surface area contributed by atoms with Gasteiger partial charge in [0.15, 0.2) is 0 Å². The summed E-state index contributed by atoms with van der Waals surface area (Å²) in [5, 5.41) is 2.59. The molecule has 0 saturated carbocycles. The number of hydrogen-bond donors (Lipinski definition) is 0. The summed E-state index contributed by atoms with van der Waals surface area (Å²) in [6, 6.07) is 35.5. The average molecular weight is 420 g/mol. The number of benzene rings is 4. The van der Waals surface area contributed by atoms with Crippen molar-refractivity contribution in [3.8, 4) is 0 Å². The van der Waals surface area contributed by atoms with Crippen LogP contribution in [0.5, 0.6) is 0 Å². The summed E-state index contributed by atoms with van der Waals surface area (Å²) in [6.45, 7) is 0. The molecular weight excluding hydrogens is 390 g/mol. The molecule has 32 heavy (non-hydrogen) atoms. The van der Waals surface area contributed by atoms with Crippen LogP contribution in [0.15, 0.2) is 97.1 Å². The van der Waals surface area contributed by atoms with E-state index < -0.39 is 0 Å². The van der Waals surface area contributed by atoms with Gasteiger partial charge < -0.3 is 14.4 Å². The third-order valence-corrected chi connectivity index (χ3v) is 6.33.